The van der Waals surface area contributed by atoms with Crippen LogP contribution in [0, 0.1) is 11.5 Å². The minimum Gasteiger partial charge on any atom is -0.433 e. The molecule has 1 aromatic carbocycles. The molecule has 1 aromatic rings. The molecule has 0 spiro atoms. The van der Waals surface area contributed by atoms with E-state index in [0.29, 0.717) is 12.1 Å². The fraction of sp³-hybridized carbons (Fsp3) is 0.273. The van der Waals surface area contributed by atoms with Crippen molar-refractivity contribution in [3.05, 3.63) is 23.8 Å². The number of nitriles is 1. The number of benzene rings is 1. The first-order chi connectivity index (χ1) is 9.77. The molecule has 0 aliphatic carbocycles. The average Bonchev–Trinajstić information content (AvgIpc) is 2.38. The summed E-state index contributed by atoms with van der Waals surface area (Å²) in [5, 5.41) is 10.5. The predicted octanol–water partition coefficient (Wildman–Crippen LogP) is 3.73. The van der Waals surface area contributed by atoms with Crippen molar-refractivity contribution in [3.8, 4) is 11.9 Å². The predicted molar refractivity (Wildman–Crippen MR) is 67.4 cm³/mol. The van der Waals surface area contributed by atoms with Crippen molar-refractivity contribution in [2.75, 3.05) is 6.26 Å². The Balaban J connectivity index is 3.32. The van der Waals surface area contributed by atoms with E-state index in [1.807, 2.05) is 0 Å². The molecule has 0 bridgehead atoms. The summed E-state index contributed by atoms with van der Waals surface area (Å²) < 4.78 is 66.4. The summed E-state index contributed by atoms with van der Waals surface area (Å²) in [6.07, 6.45) is -1.62. The summed E-state index contributed by atoms with van der Waals surface area (Å²) >= 11 is 0.922. The maximum Gasteiger partial charge on any atom is 0.416 e. The number of nitrogens with zero attached hydrogens (tertiary/aromatic N) is 2. The molecule has 0 saturated carbocycles. The maximum absolute atomic E-state index is 12.6. The van der Waals surface area contributed by atoms with Crippen LogP contribution in [0.2, 0.25) is 0 Å². The Hall–Kier alpha value is -2.02. The van der Waals surface area contributed by atoms with Gasteiger partial charge in [0.1, 0.15) is 5.69 Å². The zero-order valence-corrected chi connectivity index (χ0v) is 11.2. The Morgan fingerprint density at radius 1 is 1.43 bits per heavy atom. The lowest BCUT2D eigenvalue weighted by Gasteiger charge is -2.12. The Morgan fingerprint density at radius 3 is 2.57 bits per heavy atom. The van der Waals surface area contributed by atoms with Crippen molar-refractivity contribution in [1.82, 2.24) is 5.32 Å². The van der Waals surface area contributed by atoms with Gasteiger partial charge in [-0.25, -0.2) is 4.99 Å². The minimum atomic E-state index is -4.66. The van der Waals surface area contributed by atoms with Crippen molar-refractivity contribution in [2.45, 2.75) is 12.8 Å². The van der Waals surface area contributed by atoms with Crippen molar-refractivity contribution in [1.29, 1.82) is 5.26 Å². The first kappa shape index (κ1) is 17.0. The number of halogens is 5. The van der Waals surface area contributed by atoms with E-state index < -0.39 is 29.8 Å². The van der Waals surface area contributed by atoms with Crippen LogP contribution in [-0.4, -0.2) is 18.0 Å². The smallest absolute Gasteiger partial charge is 0.416 e. The Labute approximate surface area is 120 Å². The van der Waals surface area contributed by atoms with Crippen LogP contribution in [0.5, 0.6) is 5.75 Å². The highest BCUT2D eigenvalue weighted by Gasteiger charge is 2.31. The molecule has 0 fully saturated rings. The number of amidine groups is 1. The third kappa shape index (κ3) is 5.11. The molecule has 0 heterocycles. The second-order valence-corrected chi connectivity index (χ2v) is 4.21. The summed E-state index contributed by atoms with van der Waals surface area (Å²) in [7, 11) is 0. The third-order valence-electron chi connectivity index (χ3n) is 2.08. The summed E-state index contributed by atoms with van der Waals surface area (Å²) in [5.74, 6) is -0.524. The van der Waals surface area contributed by atoms with E-state index in [-0.39, 0.29) is 5.17 Å². The van der Waals surface area contributed by atoms with Crippen LogP contribution in [0.25, 0.3) is 0 Å². The second-order valence-electron chi connectivity index (χ2n) is 3.42. The molecule has 0 aromatic heterocycles. The van der Waals surface area contributed by atoms with E-state index in [4.69, 9.17) is 5.26 Å². The van der Waals surface area contributed by atoms with Gasteiger partial charge in [-0.05, 0) is 24.5 Å². The highest BCUT2D eigenvalue weighted by Crippen LogP contribution is 2.37. The first-order valence-electron chi connectivity index (χ1n) is 5.21. The molecule has 0 aliphatic rings. The van der Waals surface area contributed by atoms with E-state index in [1.165, 1.54) is 12.4 Å². The van der Waals surface area contributed by atoms with Gasteiger partial charge in [0.05, 0.1) is 5.56 Å². The monoisotopic (exact) mass is 325 g/mol. The number of alkyl halides is 5. The lowest BCUT2D eigenvalue weighted by atomic mass is 10.2. The van der Waals surface area contributed by atoms with Gasteiger partial charge in [-0.15, -0.1) is 0 Å². The zero-order valence-electron chi connectivity index (χ0n) is 10.4. The van der Waals surface area contributed by atoms with E-state index >= 15 is 0 Å². The van der Waals surface area contributed by atoms with Crippen molar-refractivity contribution in [3.63, 3.8) is 0 Å². The number of hydrogen-bond donors (Lipinski definition) is 1. The standard InChI is InChI=1S/C11H8F5N3OS/c1-21-10(18-5-17)19-7-4-6(11(14,15)16)2-3-8(7)20-9(12)13/h2-4,9H,1H3,(H,18,19). The van der Waals surface area contributed by atoms with Crippen molar-refractivity contribution in [2.24, 2.45) is 4.99 Å². The van der Waals surface area contributed by atoms with Crippen molar-refractivity contribution >= 4 is 22.6 Å². The Bertz CT molecular complexity index is 568. The summed E-state index contributed by atoms with van der Waals surface area (Å²) in [4.78, 5) is 3.68. The minimum absolute atomic E-state index is 0.0593. The lowest BCUT2D eigenvalue weighted by molar-refractivity contribution is -0.137. The molecule has 0 atom stereocenters. The number of ether oxygens (including phenoxy) is 1. The largest absolute Gasteiger partial charge is 0.433 e. The Kier molecular flexibility index (Phi) is 5.78. The number of aliphatic imine (C=N–C) groups is 1. The van der Waals surface area contributed by atoms with Crippen molar-refractivity contribution < 1.29 is 26.7 Å². The summed E-state index contributed by atoms with van der Waals surface area (Å²) in [6, 6.07) is 1.92. The molecule has 4 nitrogen and oxygen atoms in total. The molecular formula is C11H8F5N3OS. The first-order valence-corrected chi connectivity index (χ1v) is 6.44. The molecule has 1 rings (SSSR count). The molecule has 114 valence electrons. The van der Waals surface area contributed by atoms with E-state index in [9.17, 15) is 22.0 Å². The molecule has 0 unspecified atom stereocenters. The fourth-order valence-corrected chi connectivity index (χ4v) is 1.60. The van der Waals surface area contributed by atoms with Crippen LogP contribution >= 0.6 is 11.8 Å². The van der Waals surface area contributed by atoms with Gasteiger partial charge in [0, 0.05) is 0 Å². The third-order valence-corrected chi connectivity index (χ3v) is 2.66. The maximum atomic E-state index is 12.6. The van der Waals surface area contributed by atoms with Crippen LogP contribution < -0.4 is 10.1 Å². The number of hydrogen-bond acceptors (Lipinski definition) is 4. The molecule has 0 aliphatic heterocycles. The summed E-state index contributed by atoms with van der Waals surface area (Å²) in [5.41, 5.74) is -1.53. The van der Waals surface area contributed by atoms with E-state index in [2.05, 4.69) is 15.0 Å². The SMILES string of the molecule is CSC(=Nc1cc(C(F)(F)F)ccc1OC(F)F)NC#N. The van der Waals surface area contributed by atoms with Crippen LogP contribution in [0.4, 0.5) is 27.6 Å². The normalized spacial score (nSPS) is 12.2. The van der Waals surface area contributed by atoms with Gasteiger partial charge in [-0.2, -0.15) is 27.2 Å². The molecule has 1 N–H and O–H groups in total. The van der Waals surface area contributed by atoms with Gasteiger partial charge in [-0.3, -0.25) is 5.32 Å². The molecular weight excluding hydrogens is 317 g/mol. The molecule has 0 saturated heterocycles. The zero-order chi connectivity index (χ0) is 16.0. The Morgan fingerprint density at radius 2 is 2.10 bits per heavy atom. The van der Waals surface area contributed by atoms with E-state index in [0.717, 1.165) is 17.8 Å². The number of nitrogens with one attached hydrogen (secondary N) is 1. The average molecular weight is 325 g/mol. The highest BCUT2D eigenvalue weighted by atomic mass is 32.2. The number of thioether (sulfide) groups is 1. The van der Waals surface area contributed by atoms with Crippen LogP contribution in [0.15, 0.2) is 23.2 Å². The quantitative estimate of drug-likeness (QED) is 0.302. The van der Waals surface area contributed by atoms with Gasteiger partial charge in [0.2, 0.25) is 0 Å². The molecule has 0 amide bonds. The number of rotatable bonds is 3. The van der Waals surface area contributed by atoms with Crippen LogP contribution in [0.3, 0.4) is 0 Å². The second kappa shape index (κ2) is 7.12. The summed E-state index contributed by atoms with van der Waals surface area (Å²) in [6.45, 7) is -3.21. The fourth-order valence-electron chi connectivity index (χ4n) is 1.26. The molecule has 10 heteroatoms. The lowest BCUT2D eigenvalue weighted by Crippen LogP contribution is -2.13. The van der Waals surface area contributed by atoms with Gasteiger partial charge in [-0.1, -0.05) is 11.8 Å². The molecule has 21 heavy (non-hydrogen) atoms. The highest BCUT2D eigenvalue weighted by molar-refractivity contribution is 8.13. The van der Waals surface area contributed by atoms with Gasteiger partial charge in [0.25, 0.3) is 0 Å². The van der Waals surface area contributed by atoms with E-state index in [1.54, 1.807) is 0 Å². The van der Waals surface area contributed by atoms with Gasteiger partial charge >= 0.3 is 12.8 Å². The van der Waals surface area contributed by atoms with Gasteiger partial charge in [0.15, 0.2) is 17.1 Å². The topological polar surface area (TPSA) is 57.4 Å². The van der Waals surface area contributed by atoms with Crippen LogP contribution in [-0.2, 0) is 6.18 Å². The van der Waals surface area contributed by atoms with Crippen LogP contribution in [0.1, 0.15) is 5.56 Å². The molecule has 0 radical (unpaired) electrons. The van der Waals surface area contributed by atoms with Gasteiger partial charge < -0.3 is 4.74 Å².